The van der Waals surface area contributed by atoms with Crippen LogP contribution in [0.15, 0.2) is 0 Å². The molecule has 2 nitrogen and oxygen atoms in total. The molecule has 0 bridgehead atoms. The van der Waals surface area contributed by atoms with Crippen molar-refractivity contribution in [2.24, 2.45) is 0 Å². The van der Waals surface area contributed by atoms with Crippen LogP contribution in [0.5, 0.6) is 0 Å². The van der Waals surface area contributed by atoms with Crippen molar-refractivity contribution in [3.8, 4) is 0 Å². The number of hydrogen-bond acceptors (Lipinski definition) is 0. The van der Waals surface area contributed by atoms with Crippen LogP contribution in [0.25, 0.3) is 0 Å². The minimum atomic E-state index is -2.98. The van der Waals surface area contributed by atoms with Gasteiger partial charge in [0, 0.05) is 0 Å². The zero-order valence-corrected chi connectivity index (χ0v) is 30.8. The second kappa shape index (κ2) is 33.9. The van der Waals surface area contributed by atoms with Gasteiger partial charge in [0.25, 0.3) is 0 Å². The van der Waals surface area contributed by atoms with Crippen LogP contribution in [0.3, 0.4) is 0 Å². The molecule has 0 saturated heterocycles. The third kappa shape index (κ3) is 33.8. The summed E-state index contributed by atoms with van der Waals surface area (Å²) in [5.74, 6) is 1.95. The third-order valence-corrected chi connectivity index (χ3v) is 16.3. The Morgan fingerprint density at radius 1 is 0.341 bits per heavy atom. The van der Waals surface area contributed by atoms with Crippen molar-refractivity contribution < 1.29 is 9.79 Å². The lowest BCUT2D eigenvalue weighted by atomic mass is 10.0. The molecular weight excluding hydrogens is 560 g/mol. The lowest BCUT2D eigenvalue weighted by Gasteiger charge is -2.16. The summed E-state index contributed by atoms with van der Waals surface area (Å²) in [4.78, 5) is 20.5. The van der Waals surface area contributed by atoms with Gasteiger partial charge >= 0.3 is 0 Å². The quantitative estimate of drug-likeness (QED) is 0.0374. The van der Waals surface area contributed by atoms with Gasteiger partial charge < -0.3 is 9.79 Å². The third-order valence-electron chi connectivity index (χ3n) is 8.81. The average Bonchev–Trinajstić information content (AvgIpc) is 2.95. The summed E-state index contributed by atoms with van der Waals surface area (Å²) in [7, 11) is -0.290. The Bertz CT molecular complexity index is 518. The highest BCUT2D eigenvalue weighted by atomic mass is 32.9. The summed E-state index contributed by atoms with van der Waals surface area (Å²) in [6.45, 7) is 4.58. The van der Waals surface area contributed by atoms with Crippen LogP contribution in [-0.2, 0) is 10.1 Å². The number of unbranched alkanes of at least 4 members (excludes halogenated alkanes) is 30. The Morgan fingerprint density at radius 2 is 0.512 bits per heavy atom. The maximum atomic E-state index is 10.3. The van der Waals surface area contributed by atoms with Gasteiger partial charge in [-0.25, -0.2) is 0 Å². The van der Waals surface area contributed by atoms with E-state index in [1.807, 2.05) is 0 Å². The van der Waals surface area contributed by atoms with E-state index in [-0.39, 0.29) is 10.1 Å². The second-order valence-corrected chi connectivity index (χ2v) is 21.3. The van der Waals surface area contributed by atoms with Crippen LogP contribution >= 0.6 is 17.9 Å². The summed E-state index contributed by atoms with van der Waals surface area (Å²) in [6.07, 6.45) is 44.2. The van der Waals surface area contributed by atoms with Crippen molar-refractivity contribution in [2.75, 3.05) is 11.5 Å². The van der Waals surface area contributed by atoms with Gasteiger partial charge in [0.2, 0.25) is 0 Å². The van der Waals surface area contributed by atoms with Gasteiger partial charge in [-0.2, -0.15) is 0 Å². The van der Waals surface area contributed by atoms with Crippen molar-refractivity contribution in [3.63, 3.8) is 0 Å². The zero-order valence-electron chi connectivity index (χ0n) is 28.2. The highest BCUT2D eigenvalue weighted by molar-refractivity contribution is 8.65. The van der Waals surface area contributed by atoms with Gasteiger partial charge in [0.1, 0.15) is 0 Å². The SMILES string of the molecule is CCCCCCCCCCCCCCCCCCS(CCCCCCCCCCCCCCCCCC)=P(O)(O)S. The fraction of sp³-hybridized carbons (Fsp3) is 1.00. The Balaban J connectivity index is 3.52. The first-order chi connectivity index (χ1) is 20.0. The van der Waals surface area contributed by atoms with E-state index in [0.717, 1.165) is 24.3 Å². The number of thiol groups is 1. The molecule has 0 fully saturated rings. The molecule has 0 spiro atoms. The van der Waals surface area contributed by atoms with Crippen LogP contribution in [0.4, 0.5) is 0 Å². The van der Waals surface area contributed by atoms with Gasteiger partial charge in [-0.3, -0.25) is 0 Å². The molecule has 0 aliphatic carbocycles. The highest BCUT2D eigenvalue weighted by Gasteiger charge is 2.11. The van der Waals surface area contributed by atoms with Gasteiger partial charge in [-0.1, -0.05) is 219 Å². The molecule has 0 atom stereocenters. The Labute approximate surface area is 267 Å². The van der Waals surface area contributed by atoms with Gasteiger partial charge in [0.15, 0.2) is 5.69 Å². The molecule has 0 rings (SSSR count). The summed E-state index contributed by atoms with van der Waals surface area (Å²) < 4.78 is 0. The molecule has 5 heteroatoms. The minimum Gasteiger partial charge on any atom is -0.341 e. The van der Waals surface area contributed by atoms with E-state index in [9.17, 15) is 9.79 Å². The molecule has 0 heterocycles. The molecule has 2 N–H and O–H groups in total. The fourth-order valence-electron chi connectivity index (χ4n) is 5.98. The van der Waals surface area contributed by atoms with Crippen LogP contribution in [0, 0.1) is 0 Å². The lowest BCUT2D eigenvalue weighted by molar-refractivity contribution is 0.501. The molecule has 0 amide bonds. The van der Waals surface area contributed by atoms with Crippen molar-refractivity contribution in [1.29, 1.82) is 0 Å². The fourth-order valence-corrected chi connectivity index (χ4v) is 11.5. The molecule has 0 aliphatic heterocycles. The highest BCUT2D eigenvalue weighted by Crippen LogP contribution is 2.47. The van der Waals surface area contributed by atoms with Gasteiger partial charge in [-0.15, -0.1) is 10.1 Å². The van der Waals surface area contributed by atoms with E-state index in [1.54, 1.807) is 0 Å². The predicted molar refractivity (Wildman–Crippen MR) is 197 cm³/mol. The van der Waals surface area contributed by atoms with Crippen molar-refractivity contribution in [2.45, 2.75) is 219 Å². The molecule has 41 heavy (non-hydrogen) atoms. The first kappa shape index (κ1) is 42.0. The number of rotatable bonds is 34. The van der Waals surface area contributed by atoms with E-state index in [2.05, 4.69) is 26.1 Å². The zero-order chi connectivity index (χ0) is 30.1. The van der Waals surface area contributed by atoms with E-state index in [0.29, 0.717) is 0 Å². The molecule has 0 saturated carbocycles. The maximum absolute atomic E-state index is 10.3. The lowest BCUT2D eigenvalue weighted by Crippen LogP contribution is -2.04. The first-order valence-corrected chi connectivity index (χ1v) is 23.8. The van der Waals surface area contributed by atoms with Crippen LogP contribution in [0.1, 0.15) is 219 Å². The molecule has 0 radical (unpaired) electrons. The predicted octanol–water partition coefficient (Wildman–Crippen LogP) is 13.7. The van der Waals surface area contributed by atoms with Crippen LogP contribution < -0.4 is 0 Å². The normalized spacial score (nSPS) is 12.1. The first-order valence-electron chi connectivity index (χ1n) is 18.8. The van der Waals surface area contributed by atoms with Crippen molar-refractivity contribution in [1.82, 2.24) is 0 Å². The maximum Gasteiger partial charge on any atom is 0.198 e. The van der Waals surface area contributed by atoms with Crippen LogP contribution in [0.2, 0.25) is 0 Å². The second-order valence-electron chi connectivity index (χ2n) is 13.0. The summed E-state index contributed by atoms with van der Waals surface area (Å²) in [5, 5.41) is 0. The van der Waals surface area contributed by atoms with Gasteiger partial charge in [-0.05, 0) is 24.3 Å². The summed E-state index contributed by atoms with van der Waals surface area (Å²) >= 11 is 4.25. The van der Waals surface area contributed by atoms with E-state index >= 15 is 0 Å². The van der Waals surface area contributed by atoms with Crippen molar-refractivity contribution >= 4 is 28.0 Å². The summed E-state index contributed by atoms with van der Waals surface area (Å²) in [6, 6.07) is 0. The van der Waals surface area contributed by atoms with E-state index < -0.39 is 5.69 Å². The van der Waals surface area contributed by atoms with E-state index in [1.165, 1.54) is 193 Å². The monoisotopic (exact) mass is 637 g/mol. The van der Waals surface area contributed by atoms with Crippen LogP contribution in [-0.4, -0.2) is 21.3 Å². The Kier molecular flexibility index (Phi) is 34.8. The topological polar surface area (TPSA) is 40.5 Å². The minimum absolute atomic E-state index is 0.290. The molecule has 0 aliphatic rings. The molecule has 0 aromatic rings. The van der Waals surface area contributed by atoms with Crippen molar-refractivity contribution in [3.05, 3.63) is 0 Å². The van der Waals surface area contributed by atoms with E-state index in [4.69, 9.17) is 0 Å². The standard InChI is InChI=1S/C36H77O2PS2/c1-3-5-7-9-11-13-15-17-19-21-23-25-27-29-31-33-35-41(39(37,38)40)36-34-32-30-28-26-24-22-20-18-16-14-12-10-8-6-4-2/h37-38,40H,3-36H2,1-2H3. The van der Waals surface area contributed by atoms with Gasteiger partial charge in [0.05, 0.1) is 0 Å². The average molecular weight is 637 g/mol. The number of hydrogen-bond donors (Lipinski definition) is 3. The summed E-state index contributed by atoms with van der Waals surface area (Å²) in [5.41, 5.74) is -2.98. The molecule has 0 unspecified atom stereocenters. The Hall–Kier alpha value is 1.05. The largest absolute Gasteiger partial charge is 0.341 e. The smallest absolute Gasteiger partial charge is 0.198 e. The molecular formula is C36H77O2PS2. The molecule has 0 aromatic heterocycles. The molecule has 250 valence electrons. The molecule has 0 aromatic carbocycles. The Morgan fingerprint density at radius 3 is 0.683 bits per heavy atom.